The highest BCUT2D eigenvalue weighted by Gasteiger charge is 2.12. The fraction of sp³-hybridized carbons (Fsp3) is 0.0625. The molecule has 0 saturated heterocycles. The quantitative estimate of drug-likeness (QED) is 0.646. The van der Waals surface area contributed by atoms with Crippen molar-refractivity contribution in [3.63, 3.8) is 0 Å². The van der Waals surface area contributed by atoms with E-state index in [1.165, 1.54) is 5.56 Å². The molecule has 0 aliphatic heterocycles. The molecule has 1 N–H and O–H groups in total. The van der Waals surface area contributed by atoms with Gasteiger partial charge in [0.15, 0.2) is 18.5 Å². The monoisotopic (exact) mass is 271 g/mol. The highest BCUT2D eigenvalue weighted by atomic mass is 35.5. The zero-order chi connectivity index (χ0) is 12.4. The van der Waals surface area contributed by atoms with Crippen LogP contribution in [0.15, 0.2) is 66.9 Å². The summed E-state index contributed by atoms with van der Waals surface area (Å²) in [6, 6.07) is 19.9. The predicted octanol–water partition coefficient (Wildman–Crippen LogP) is -0.115. The summed E-state index contributed by atoms with van der Waals surface area (Å²) in [7, 11) is 0. The molecule has 0 aliphatic carbocycles. The van der Waals surface area contributed by atoms with Gasteiger partial charge in [0.1, 0.15) is 0 Å². The minimum absolute atomic E-state index is 0. The summed E-state index contributed by atoms with van der Waals surface area (Å²) < 4.78 is 2.07. The molecule has 1 aromatic heterocycles. The normalized spacial score (nSPS) is 10.1. The van der Waals surface area contributed by atoms with Gasteiger partial charge < -0.3 is 17.5 Å². The number of fused-ring (bicyclic) bond motifs is 1. The highest BCUT2D eigenvalue weighted by Crippen LogP contribution is 2.20. The molecule has 0 aliphatic rings. The summed E-state index contributed by atoms with van der Waals surface area (Å²) in [5, 5.41) is 11.1. The van der Waals surface area contributed by atoms with E-state index in [2.05, 4.69) is 16.7 Å². The van der Waals surface area contributed by atoms with Crippen molar-refractivity contribution in [2.75, 3.05) is 0 Å². The van der Waals surface area contributed by atoms with Crippen molar-refractivity contribution in [2.24, 2.45) is 0 Å². The molecule has 0 unspecified atom stereocenters. The van der Waals surface area contributed by atoms with E-state index in [1.54, 1.807) is 6.07 Å². The molecular formula is C16H14ClNO. The van der Waals surface area contributed by atoms with Crippen LogP contribution in [0.2, 0.25) is 0 Å². The van der Waals surface area contributed by atoms with Gasteiger partial charge in [-0.3, -0.25) is 0 Å². The molecule has 0 atom stereocenters. The number of benzene rings is 2. The summed E-state index contributed by atoms with van der Waals surface area (Å²) in [6.45, 7) is 0.760. The van der Waals surface area contributed by atoms with Gasteiger partial charge in [-0.1, -0.05) is 36.4 Å². The van der Waals surface area contributed by atoms with Gasteiger partial charge in [0.2, 0.25) is 0 Å². The standard InChI is InChI=1S/C16H13NO.ClH/c18-15-10-4-8-14-9-5-11-17(16(14)15)12-13-6-2-1-3-7-13;/h1-11H,12H2;1H. The summed E-state index contributed by atoms with van der Waals surface area (Å²) in [6.07, 6.45) is 2.00. The van der Waals surface area contributed by atoms with E-state index < -0.39 is 0 Å². The van der Waals surface area contributed by atoms with Crippen LogP contribution < -0.4 is 17.0 Å². The Morgan fingerprint density at radius 2 is 1.58 bits per heavy atom. The summed E-state index contributed by atoms with van der Waals surface area (Å²) in [5.74, 6) is 0.323. The van der Waals surface area contributed by atoms with Crippen LogP contribution >= 0.6 is 0 Å². The van der Waals surface area contributed by atoms with Gasteiger partial charge in [-0.25, -0.2) is 0 Å². The molecule has 3 heteroatoms. The third-order valence-electron chi connectivity index (χ3n) is 3.07. The molecule has 1 heterocycles. The summed E-state index contributed by atoms with van der Waals surface area (Å²) >= 11 is 0. The van der Waals surface area contributed by atoms with Gasteiger partial charge in [-0.2, -0.15) is 4.57 Å². The van der Waals surface area contributed by atoms with Crippen molar-refractivity contribution in [3.05, 3.63) is 72.4 Å². The van der Waals surface area contributed by atoms with E-state index in [4.69, 9.17) is 0 Å². The zero-order valence-corrected chi connectivity index (χ0v) is 11.1. The van der Waals surface area contributed by atoms with Crippen LogP contribution in [0.3, 0.4) is 0 Å². The van der Waals surface area contributed by atoms with Gasteiger partial charge in [-0.15, -0.1) is 0 Å². The molecule has 96 valence electrons. The van der Waals surface area contributed by atoms with E-state index in [-0.39, 0.29) is 12.4 Å². The number of phenols is 1. The number of pyridine rings is 1. The van der Waals surface area contributed by atoms with E-state index in [1.807, 2.05) is 48.7 Å². The Balaban J connectivity index is 0.00000133. The Morgan fingerprint density at radius 1 is 0.842 bits per heavy atom. The molecule has 2 nitrogen and oxygen atoms in total. The van der Waals surface area contributed by atoms with E-state index >= 15 is 0 Å². The first-order valence-corrected chi connectivity index (χ1v) is 5.99. The van der Waals surface area contributed by atoms with Crippen LogP contribution in [0.25, 0.3) is 10.9 Å². The lowest BCUT2D eigenvalue weighted by Gasteiger charge is -2.03. The zero-order valence-electron chi connectivity index (χ0n) is 10.3. The third kappa shape index (κ3) is 2.69. The van der Waals surface area contributed by atoms with Crippen LogP contribution in [-0.2, 0) is 6.54 Å². The minimum Gasteiger partial charge on any atom is -1.00 e. The second-order valence-electron chi connectivity index (χ2n) is 4.34. The maximum absolute atomic E-state index is 10.0. The van der Waals surface area contributed by atoms with E-state index in [9.17, 15) is 5.11 Å². The molecule has 2 aromatic carbocycles. The minimum atomic E-state index is 0. The second kappa shape index (κ2) is 5.72. The van der Waals surface area contributed by atoms with Crippen LogP contribution in [0.5, 0.6) is 5.75 Å². The first-order chi connectivity index (χ1) is 8.84. The van der Waals surface area contributed by atoms with Gasteiger partial charge in [0, 0.05) is 11.6 Å². The summed E-state index contributed by atoms with van der Waals surface area (Å²) in [5.41, 5.74) is 2.10. The lowest BCUT2D eigenvalue weighted by atomic mass is 10.1. The molecular weight excluding hydrogens is 258 g/mol. The van der Waals surface area contributed by atoms with E-state index in [0.717, 1.165) is 17.4 Å². The molecule has 0 fully saturated rings. The number of para-hydroxylation sites is 1. The molecule has 0 amide bonds. The number of aromatic hydroxyl groups is 1. The molecule has 19 heavy (non-hydrogen) atoms. The Bertz CT molecular complexity index is 677. The lowest BCUT2D eigenvalue weighted by molar-refractivity contribution is -0.662. The fourth-order valence-electron chi connectivity index (χ4n) is 2.23. The van der Waals surface area contributed by atoms with Crippen molar-refractivity contribution in [1.82, 2.24) is 0 Å². The van der Waals surface area contributed by atoms with Crippen LogP contribution in [-0.4, -0.2) is 5.11 Å². The Kier molecular flexibility index (Phi) is 4.03. The van der Waals surface area contributed by atoms with Gasteiger partial charge in [-0.05, 0) is 18.2 Å². The Morgan fingerprint density at radius 3 is 2.37 bits per heavy atom. The number of nitrogens with zero attached hydrogens (tertiary/aromatic N) is 1. The third-order valence-corrected chi connectivity index (χ3v) is 3.07. The van der Waals surface area contributed by atoms with Crippen LogP contribution in [0.4, 0.5) is 0 Å². The maximum Gasteiger partial charge on any atom is 0.254 e. The van der Waals surface area contributed by atoms with Crippen molar-refractivity contribution >= 4 is 10.9 Å². The van der Waals surface area contributed by atoms with Gasteiger partial charge in [0.25, 0.3) is 5.52 Å². The first-order valence-electron chi connectivity index (χ1n) is 5.99. The van der Waals surface area contributed by atoms with Crippen LogP contribution in [0.1, 0.15) is 5.56 Å². The van der Waals surface area contributed by atoms with E-state index in [0.29, 0.717) is 5.75 Å². The van der Waals surface area contributed by atoms with Gasteiger partial charge in [0.05, 0.1) is 5.39 Å². The number of hydrogen-bond donors (Lipinski definition) is 1. The molecule has 0 saturated carbocycles. The second-order valence-corrected chi connectivity index (χ2v) is 4.34. The largest absolute Gasteiger partial charge is 1.00 e. The Hall–Kier alpha value is -2.06. The topological polar surface area (TPSA) is 24.1 Å². The summed E-state index contributed by atoms with van der Waals surface area (Å²) in [4.78, 5) is 0. The number of phenolic OH excluding ortho intramolecular Hbond substituents is 1. The molecule has 0 spiro atoms. The lowest BCUT2D eigenvalue weighted by Crippen LogP contribution is -3.00. The molecule has 0 radical (unpaired) electrons. The SMILES string of the molecule is Oc1cccc2ccc[n+](Cc3ccccc3)c12.[Cl-]. The number of hydrogen-bond acceptors (Lipinski definition) is 1. The number of aromatic nitrogens is 1. The van der Waals surface area contributed by atoms with Crippen molar-refractivity contribution in [3.8, 4) is 5.75 Å². The molecule has 3 aromatic rings. The van der Waals surface area contributed by atoms with Crippen molar-refractivity contribution in [2.45, 2.75) is 6.54 Å². The fourth-order valence-corrected chi connectivity index (χ4v) is 2.23. The highest BCUT2D eigenvalue weighted by molar-refractivity contribution is 5.80. The molecule has 3 rings (SSSR count). The number of halogens is 1. The predicted molar refractivity (Wildman–Crippen MR) is 71.4 cm³/mol. The average Bonchev–Trinajstić information content (AvgIpc) is 2.40. The van der Waals surface area contributed by atoms with Crippen molar-refractivity contribution < 1.29 is 22.1 Å². The van der Waals surface area contributed by atoms with Crippen molar-refractivity contribution in [1.29, 1.82) is 0 Å². The molecule has 0 bridgehead atoms. The first kappa shape index (κ1) is 13.4. The maximum atomic E-state index is 10.0. The van der Waals surface area contributed by atoms with Gasteiger partial charge >= 0.3 is 0 Å². The smallest absolute Gasteiger partial charge is 0.254 e. The average molecular weight is 272 g/mol. The Labute approximate surface area is 118 Å². The number of rotatable bonds is 2. The van der Waals surface area contributed by atoms with Crippen LogP contribution in [0, 0.1) is 0 Å².